The van der Waals surface area contributed by atoms with E-state index in [2.05, 4.69) is 16.0 Å². The molecule has 0 saturated carbocycles. The Balaban J connectivity index is 1.67. The molecule has 2 aliphatic heterocycles. The van der Waals surface area contributed by atoms with E-state index in [0.717, 1.165) is 95.9 Å². The highest BCUT2D eigenvalue weighted by Gasteiger charge is 2.32. The first kappa shape index (κ1) is 33.4. The zero-order chi connectivity index (χ0) is 30.7. The van der Waals surface area contributed by atoms with Crippen LogP contribution in [0.25, 0.3) is 0 Å². The molecule has 2 amide bonds. The van der Waals surface area contributed by atoms with E-state index in [0.29, 0.717) is 29.7 Å². The zero-order valence-electron chi connectivity index (χ0n) is 23.9. The average molecular weight is 611 g/mol. The third kappa shape index (κ3) is 10.00. The SMILES string of the molecule is CC(C(=O)O)N(NS(=O)(=O)c1cccc([N+](=O)[O-])c1)C(=O)CNC(=O)C(CCC1CCNCC1)CCC1CCNCC1. The fourth-order valence-corrected chi connectivity index (χ4v) is 6.57. The summed E-state index contributed by atoms with van der Waals surface area (Å²) in [5, 5.41) is 30.3. The third-order valence-electron chi connectivity index (χ3n) is 8.12. The van der Waals surface area contributed by atoms with Crippen LogP contribution in [0.15, 0.2) is 29.2 Å². The second-order valence-corrected chi connectivity index (χ2v) is 12.7. The molecule has 5 N–H and O–H groups in total. The molecule has 2 saturated heterocycles. The smallest absolute Gasteiger partial charge is 0.327 e. The van der Waals surface area contributed by atoms with E-state index < -0.39 is 50.0 Å². The summed E-state index contributed by atoms with van der Waals surface area (Å²) >= 11 is 0. The van der Waals surface area contributed by atoms with Gasteiger partial charge in [-0.3, -0.25) is 19.7 Å². The van der Waals surface area contributed by atoms with Crippen LogP contribution in [-0.4, -0.2) is 80.0 Å². The van der Waals surface area contributed by atoms with Crippen LogP contribution < -0.4 is 20.8 Å². The summed E-state index contributed by atoms with van der Waals surface area (Å²) in [5.41, 5.74) is -0.491. The van der Waals surface area contributed by atoms with Gasteiger partial charge in [0, 0.05) is 18.1 Å². The van der Waals surface area contributed by atoms with Gasteiger partial charge in [0.05, 0.1) is 16.4 Å². The van der Waals surface area contributed by atoms with Crippen molar-refractivity contribution in [1.29, 1.82) is 0 Å². The third-order valence-corrected chi connectivity index (χ3v) is 9.43. The minimum atomic E-state index is -4.57. The molecule has 15 heteroatoms. The Morgan fingerprint density at radius 2 is 1.60 bits per heavy atom. The number of hydrogen-bond acceptors (Lipinski definition) is 9. The van der Waals surface area contributed by atoms with Crippen molar-refractivity contribution >= 4 is 33.5 Å². The maximum Gasteiger partial charge on any atom is 0.327 e. The molecule has 3 rings (SSSR count). The Morgan fingerprint density at radius 3 is 2.10 bits per heavy atom. The lowest BCUT2D eigenvalue weighted by Gasteiger charge is -2.28. The van der Waals surface area contributed by atoms with Gasteiger partial charge in [0.25, 0.3) is 21.6 Å². The summed E-state index contributed by atoms with van der Waals surface area (Å²) in [5.74, 6) is -2.07. The Kier molecular flexibility index (Phi) is 12.6. The van der Waals surface area contributed by atoms with Gasteiger partial charge in [-0.1, -0.05) is 6.07 Å². The second kappa shape index (κ2) is 15.9. The number of nitro benzene ring substituents is 1. The van der Waals surface area contributed by atoms with E-state index in [9.17, 15) is 38.0 Å². The van der Waals surface area contributed by atoms with Gasteiger partial charge < -0.3 is 21.1 Å². The normalized spacial score (nSPS) is 17.5. The van der Waals surface area contributed by atoms with Crippen LogP contribution in [0.4, 0.5) is 5.69 Å². The van der Waals surface area contributed by atoms with E-state index in [1.54, 1.807) is 0 Å². The molecule has 14 nitrogen and oxygen atoms in total. The van der Waals surface area contributed by atoms with Crippen molar-refractivity contribution in [3.63, 3.8) is 0 Å². The number of non-ortho nitro benzene ring substituents is 1. The van der Waals surface area contributed by atoms with Crippen molar-refractivity contribution in [2.24, 2.45) is 17.8 Å². The molecular weight excluding hydrogens is 568 g/mol. The number of carbonyl (C=O) groups excluding carboxylic acids is 2. The number of nitro groups is 1. The molecule has 42 heavy (non-hydrogen) atoms. The van der Waals surface area contributed by atoms with Crippen LogP contribution in [0.3, 0.4) is 0 Å². The molecule has 2 heterocycles. The van der Waals surface area contributed by atoms with Crippen LogP contribution in [0, 0.1) is 27.9 Å². The maximum absolute atomic E-state index is 13.3. The molecule has 1 unspecified atom stereocenters. The molecule has 234 valence electrons. The number of carbonyl (C=O) groups is 3. The molecule has 2 fully saturated rings. The Morgan fingerprint density at radius 1 is 1.05 bits per heavy atom. The summed E-state index contributed by atoms with van der Waals surface area (Å²) in [6.45, 7) is 4.30. The van der Waals surface area contributed by atoms with Gasteiger partial charge in [0.2, 0.25) is 5.91 Å². The molecule has 0 spiro atoms. The quantitative estimate of drug-likeness (QED) is 0.143. The molecule has 1 aromatic rings. The molecule has 0 aromatic heterocycles. The highest BCUT2D eigenvalue weighted by atomic mass is 32.2. The number of sulfonamides is 1. The maximum atomic E-state index is 13.3. The van der Waals surface area contributed by atoms with Crippen LogP contribution >= 0.6 is 0 Å². The number of carboxylic acid groups (broad SMARTS) is 1. The number of nitrogens with one attached hydrogen (secondary N) is 4. The van der Waals surface area contributed by atoms with Gasteiger partial charge >= 0.3 is 5.97 Å². The second-order valence-electron chi connectivity index (χ2n) is 11.1. The molecule has 0 radical (unpaired) electrons. The number of amides is 2. The minimum Gasteiger partial charge on any atom is -0.480 e. The van der Waals surface area contributed by atoms with Crippen LogP contribution in [0.2, 0.25) is 0 Å². The molecule has 0 aliphatic carbocycles. The highest BCUT2D eigenvalue weighted by molar-refractivity contribution is 7.89. The van der Waals surface area contributed by atoms with Crippen molar-refractivity contribution in [2.75, 3.05) is 32.7 Å². The molecule has 0 bridgehead atoms. The monoisotopic (exact) mass is 610 g/mol. The first-order valence-corrected chi connectivity index (χ1v) is 16.0. The number of piperidine rings is 2. The topological polar surface area (TPSA) is 200 Å². The van der Waals surface area contributed by atoms with Gasteiger partial charge in [-0.2, -0.15) is 0 Å². The van der Waals surface area contributed by atoms with Crippen LogP contribution in [0.1, 0.15) is 58.3 Å². The lowest BCUT2D eigenvalue weighted by molar-refractivity contribution is -0.385. The summed E-state index contributed by atoms with van der Waals surface area (Å²) in [7, 11) is -4.57. The van der Waals surface area contributed by atoms with Gasteiger partial charge in [-0.15, -0.1) is 4.83 Å². The first-order chi connectivity index (χ1) is 20.0. The van der Waals surface area contributed by atoms with E-state index >= 15 is 0 Å². The molecular formula is C27H42N6O8S. The standard InChI is InChI=1S/C27H42N6O8S/c1-19(27(36)37)32(31-42(40,41)24-4-2-3-23(17-24)33(38)39)25(34)18-30-26(35)22(7-5-20-9-13-28-14-10-20)8-6-21-11-15-29-16-12-21/h2-4,17,19-22,28-29,31H,5-16,18H2,1H3,(H,30,35)(H,36,37). The lowest BCUT2D eigenvalue weighted by Crippen LogP contribution is -2.56. The molecule has 2 aliphatic rings. The van der Waals surface area contributed by atoms with Crippen molar-refractivity contribution in [1.82, 2.24) is 25.8 Å². The number of rotatable bonds is 15. The summed E-state index contributed by atoms with van der Waals surface area (Å²) in [4.78, 5) is 49.9. The van der Waals surface area contributed by atoms with Crippen molar-refractivity contribution in [3.05, 3.63) is 34.4 Å². The molecule has 1 atom stereocenters. The van der Waals surface area contributed by atoms with E-state index in [1.165, 1.54) is 0 Å². The first-order valence-electron chi connectivity index (χ1n) is 14.5. The van der Waals surface area contributed by atoms with E-state index in [1.807, 2.05) is 4.83 Å². The predicted molar refractivity (Wildman–Crippen MR) is 154 cm³/mol. The largest absolute Gasteiger partial charge is 0.480 e. The number of benzene rings is 1. The highest BCUT2D eigenvalue weighted by Crippen LogP contribution is 2.27. The minimum absolute atomic E-state index is 0.323. The number of carboxylic acids is 1. The molecule has 1 aromatic carbocycles. The van der Waals surface area contributed by atoms with Crippen molar-refractivity contribution < 1.29 is 32.8 Å². The fraction of sp³-hybridized carbons (Fsp3) is 0.667. The number of nitrogens with zero attached hydrogens (tertiary/aromatic N) is 2. The summed E-state index contributed by atoms with van der Waals surface area (Å²) in [6.07, 6.45) is 7.33. The van der Waals surface area contributed by atoms with Crippen LogP contribution in [0.5, 0.6) is 0 Å². The Labute approximate surface area is 246 Å². The van der Waals surface area contributed by atoms with E-state index in [4.69, 9.17) is 0 Å². The van der Waals surface area contributed by atoms with Gasteiger partial charge in [0.15, 0.2) is 0 Å². The summed E-state index contributed by atoms with van der Waals surface area (Å²) in [6, 6.07) is 2.52. The van der Waals surface area contributed by atoms with Gasteiger partial charge in [-0.25, -0.2) is 18.2 Å². The van der Waals surface area contributed by atoms with E-state index in [-0.39, 0.29) is 11.8 Å². The van der Waals surface area contributed by atoms with Gasteiger partial charge in [0.1, 0.15) is 6.04 Å². The Hall–Kier alpha value is -3.14. The lowest BCUT2D eigenvalue weighted by atomic mass is 9.84. The number of hydrogen-bond donors (Lipinski definition) is 5. The van der Waals surface area contributed by atoms with Gasteiger partial charge in [-0.05, 0) is 102 Å². The summed E-state index contributed by atoms with van der Waals surface area (Å²) < 4.78 is 25.9. The van der Waals surface area contributed by atoms with Crippen LogP contribution in [-0.2, 0) is 24.4 Å². The average Bonchev–Trinajstić information content (AvgIpc) is 2.99. The Bertz CT molecular complexity index is 1180. The number of aliphatic carboxylic acids is 1. The predicted octanol–water partition coefficient (Wildman–Crippen LogP) is 1.38. The number of hydrazine groups is 1. The van der Waals surface area contributed by atoms with Crippen molar-refractivity contribution in [3.8, 4) is 0 Å². The fourth-order valence-electron chi connectivity index (χ4n) is 5.42. The zero-order valence-corrected chi connectivity index (χ0v) is 24.7. The van der Waals surface area contributed by atoms with Crippen molar-refractivity contribution in [2.45, 2.75) is 69.2 Å².